The number of hydrogen-bond acceptors (Lipinski definition) is 0. The Hall–Kier alpha value is -1.04. The monoisotopic (exact) mass is 160 g/mol. The van der Waals surface area contributed by atoms with Gasteiger partial charge < -0.3 is 0 Å². The Morgan fingerprint density at radius 2 is 2.33 bits per heavy atom. The first-order valence-electron chi connectivity index (χ1n) is 4.45. The summed E-state index contributed by atoms with van der Waals surface area (Å²) in [4.78, 5) is 0. The van der Waals surface area contributed by atoms with Crippen LogP contribution in [0.1, 0.15) is 26.7 Å². The van der Waals surface area contributed by atoms with Gasteiger partial charge in [-0.15, -0.1) is 0 Å². The van der Waals surface area contributed by atoms with Gasteiger partial charge in [0.25, 0.3) is 0 Å². The Bertz CT molecular complexity index is 262. The van der Waals surface area contributed by atoms with Crippen LogP contribution in [0.3, 0.4) is 0 Å². The highest BCUT2D eigenvalue weighted by Gasteiger charge is 2.05. The lowest BCUT2D eigenvalue weighted by molar-refractivity contribution is 0.972. The van der Waals surface area contributed by atoms with Gasteiger partial charge in [0, 0.05) is 0 Å². The molecule has 0 spiro atoms. The fourth-order valence-electron chi connectivity index (χ4n) is 1.43. The van der Waals surface area contributed by atoms with Gasteiger partial charge in [0.15, 0.2) is 0 Å². The molecule has 0 aromatic heterocycles. The summed E-state index contributed by atoms with van der Waals surface area (Å²) >= 11 is 0. The first-order valence-corrected chi connectivity index (χ1v) is 4.45. The first kappa shape index (κ1) is 9.05. The summed E-state index contributed by atoms with van der Waals surface area (Å²) < 4.78 is 0. The molecule has 0 heteroatoms. The van der Waals surface area contributed by atoms with Gasteiger partial charge in [-0.05, 0) is 43.4 Å². The fourth-order valence-corrected chi connectivity index (χ4v) is 1.43. The van der Waals surface area contributed by atoms with Crippen molar-refractivity contribution in [2.24, 2.45) is 0 Å². The molecule has 0 unspecified atom stereocenters. The molecule has 12 heavy (non-hydrogen) atoms. The summed E-state index contributed by atoms with van der Waals surface area (Å²) in [6.07, 6.45) is 10.9. The zero-order chi connectivity index (χ0) is 8.97. The van der Waals surface area contributed by atoms with Crippen LogP contribution in [0.15, 0.2) is 47.6 Å². The molecule has 1 aliphatic carbocycles. The molecule has 64 valence electrons. The molecule has 0 fully saturated rings. The maximum atomic E-state index is 3.83. The largest absolute Gasteiger partial charge is 0.0988 e. The topological polar surface area (TPSA) is 0 Å². The molecule has 0 aliphatic heterocycles. The van der Waals surface area contributed by atoms with Crippen molar-refractivity contribution in [1.82, 2.24) is 0 Å². The van der Waals surface area contributed by atoms with Gasteiger partial charge >= 0.3 is 0 Å². The van der Waals surface area contributed by atoms with Crippen molar-refractivity contribution in [3.63, 3.8) is 0 Å². The highest BCUT2D eigenvalue weighted by atomic mass is 14.1. The number of rotatable bonds is 2. The van der Waals surface area contributed by atoms with E-state index in [-0.39, 0.29) is 0 Å². The molecule has 0 aromatic carbocycles. The van der Waals surface area contributed by atoms with Gasteiger partial charge in [-0.25, -0.2) is 0 Å². The molecule has 0 amide bonds. The Labute approximate surface area is 75.0 Å². The maximum absolute atomic E-state index is 3.83. The summed E-state index contributed by atoms with van der Waals surface area (Å²) in [7, 11) is 0. The minimum Gasteiger partial charge on any atom is -0.0988 e. The molecule has 0 aromatic rings. The second-order valence-electron chi connectivity index (χ2n) is 3.06. The van der Waals surface area contributed by atoms with Gasteiger partial charge in [-0.3, -0.25) is 0 Å². The summed E-state index contributed by atoms with van der Waals surface area (Å²) in [5.74, 6) is 0. The molecule has 1 rings (SSSR count). The zero-order valence-electron chi connectivity index (χ0n) is 7.93. The molecular weight excluding hydrogens is 144 g/mol. The fraction of sp³-hybridized carbons (Fsp3) is 0.333. The lowest BCUT2D eigenvalue weighted by atomic mass is 9.93. The van der Waals surface area contributed by atoms with Crippen molar-refractivity contribution in [3.05, 3.63) is 47.6 Å². The Balaban J connectivity index is 3.04. The third kappa shape index (κ3) is 1.76. The van der Waals surface area contributed by atoms with Crippen LogP contribution in [0.5, 0.6) is 0 Å². The average Bonchev–Trinajstić information content (AvgIpc) is 2.16. The minimum atomic E-state index is 1.14. The smallest absolute Gasteiger partial charge is 0.0202 e. The van der Waals surface area contributed by atoms with Gasteiger partial charge in [0.1, 0.15) is 0 Å². The molecule has 0 saturated carbocycles. The van der Waals surface area contributed by atoms with Crippen molar-refractivity contribution in [3.8, 4) is 0 Å². The zero-order valence-corrected chi connectivity index (χ0v) is 7.93. The summed E-state index contributed by atoms with van der Waals surface area (Å²) in [5.41, 5.74) is 4.09. The Kier molecular flexibility index (Phi) is 3.09. The molecular formula is C12H16. The number of allylic oxidation sites excluding steroid dienone is 7. The van der Waals surface area contributed by atoms with Crippen LogP contribution in [0.25, 0.3) is 0 Å². The van der Waals surface area contributed by atoms with E-state index in [1.807, 2.05) is 6.08 Å². The van der Waals surface area contributed by atoms with Crippen molar-refractivity contribution in [2.45, 2.75) is 26.7 Å². The van der Waals surface area contributed by atoms with E-state index in [1.165, 1.54) is 16.7 Å². The summed E-state index contributed by atoms with van der Waals surface area (Å²) in [5, 5.41) is 0. The van der Waals surface area contributed by atoms with Crippen LogP contribution in [0.4, 0.5) is 0 Å². The Morgan fingerprint density at radius 3 is 2.92 bits per heavy atom. The third-order valence-electron chi connectivity index (χ3n) is 2.32. The third-order valence-corrected chi connectivity index (χ3v) is 2.32. The molecule has 0 bridgehead atoms. The van der Waals surface area contributed by atoms with Crippen molar-refractivity contribution in [2.75, 3.05) is 0 Å². The van der Waals surface area contributed by atoms with Crippen LogP contribution in [0.2, 0.25) is 0 Å². The number of hydrogen-bond donors (Lipinski definition) is 0. The van der Waals surface area contributed by atoms with E-state index in [9.17, 15) is 0 Å². The van der Waals surface area contributed by atoms with E-state index < -0.39 is 0 Å². The van der Waals surface area contributed by atoms with Crippen LogP contribution in [0, 0.1) is 0 Å². The predicted octanol–water partition coefficient (Wildman–Crippen LogP) is 3.79. The first-order chi connectivity index (χ1) is 5.79. The molecule has 0 nitrogen and oxygen atoms in total. The maximum Gasteiger partial charge on any atom is -0.0202 e. The SMILES string of the molecule is C=CC1=C(/C(C)=C\C)C=CCC1. The molecule has 0 radical (unpaired) electrons. The average molecular weight is 160 g/mol. The standard InChI is InChI=1S/C12H16/c1-4-10(3)12-9-7-6-8-11(12)5-2/h4-5,7,9H,2,6,8H2,1,3H3/b10-4-. The molecule has 0 N–H and O–H groups in total. The quantitative estimate of drug-likeness (QED) is 0.576. The van der Waals surface area contributed by atoms with Gasteiger partial charge in [0.2, 0.25) is 0 Å². The molecule has 0 saturated heterocycles. The molecule has 0 heterocycles. The summed E-state index contributed by atoms with van der Waals surface area (Å²) in [6.45, 7) is 8.05. The second kappa shape index (κ2) is 4.10. The van der Waals surface area contributed by atoms with E-state index in [1.54, 1.807) is 0 Å². The van der Waals surface area contributed by atoms with Gasteiger partial charge in [-0.1, -0.05) is 30.9 Å². The van der Waals surface area contributed by atoms with E-state index in [0.717, 1.165) is 12.8 Å². The van der Waals surface area contributed by atoms with Crippen molar-refractivity contribution >= 4 is 0 Å². The lowest BCUT2D eigenvalue weighted by Crippen LogP contribution is -1.93. The second-order valence-corrected chi connectivity index (χ2v) is 3.06. The lowest BCUT2D eigenvalue weighted by Gasteiger charge is -2.12. The van der Waals surface area contributed by atoms with Crippen LogP contribution < -0.4 is 0 Å². The minimum absolute atomic E-state index is 1.14. The van der Waals surface area contributed by atoms with Crippen LogP contribution in [-0.4, -0.2) is 0 Å². The van der Waals surface area contributed by atoms with E-state index in [2.05, 4.69) is 38.7 Å². The Morgan fingerprint density at radius 1 is 1.58 bits per heavy atom. The van der Waals surface area contributed by atoms with Gasteiger partial charge in [-0.2, -0.15) is 0 Å². The molecule has 1 aliphatic rings. The van der Waals surface area contributed by atoms with E-state index >= 15 is 0 Å². The highest BCUT2D eigenvalue weighted by molar-refractivity contribution is 5.47. The molecule has 0 atom stereocenters. The van der Waals surface area contributed by atoms with Crippen molar-refractivity contribution in [1.29, 1.82) is 0 Å². The normalized spacial score (nSPS) is 18.3. The predicted molar refractivity (Wildman–Crippen MR) is 55.0 cm³/mol. The van der Waals surface area contributed by atoms with Crippen LogP contribution in [-0.2, 0) is 0 Å². The van der Waals surface area contributed by atoms with E-state index in [0.29, 0.717) is 0 Å². The summed E-state index contributed by atoms with van der Waals surface area (Å²) in [6, 6.07) is 0. The van der Waals surface area contributed by atoms with Crippen molar-refractivity contribution < 1.29 is 0 Å². The van der Waals surface area contributed by atoms with E-state index in [4.69, 9.17) is 0 Å². The highest BCUT2D eigenvalue weighted by Crippen LogP contribution is 2.24. The van der Waals surface area contributed by atoms with Crippen LogP contribution >= 0.6 is 0 Å². The van der Waals surface area contributed by atoms with Gasteiger partial charge in [0.05, 0.1) is 0 Å².